The van der Waals surface area contributed by atoms with Gasteiger partial charge in [-0.15, -0.1) is 0 Å². The van der Waals surface area contributed by atoms with E-state index in [9.17, 15) is 23.7 Å². The molecule has 1 aliphatic heterocycles. The summed E-state index contributed by atoms with van der Waals surface area (Å²) in [5.41, 5.74) is 0. The molecule has 0 spiro atoms. The lowest BCUT2D eigenvalue weighted by Gasteiger charge is -2.35. The summed E-state index contributed by atoms with van der Waals surface area (Å²) in [4.78, 5) is 0. The maximum atomic E-state index is 11.7. The Morgan fingerprint density at radius 1 is 1.14 bits per heavy atom. The van der Waals surface area contributed by atoms with Crippen molar-refractivity contribution in [3.8, 4) is 0 Å². The van der Waals surface area contributed by atoms with Crippen molar-refractivity contribution in [2.75, 3.05) is 33.0 Å². The van der Waals surface area contributed by atoms with Crippen LogP contribution in [0, 0.1) is 0 Å². The molecule has 1 heterocycles. The van der Waals surface area contributed by atoms with E-state index < -0.39 is 34.7 Å². The lowest BCUT2D eigenvalue weighted by Crippen LogP contribution is -2.60. The van der Waals surface area contributed by atoms with E-state index in [1.54, 1.807) is 0 Å². The fourth-order valence-corrected chi connectivity index (χ4v) is 2.82. The minimum atomic E-state index is -3.91. The van der Waals surface area contributed by atoms with Crippen molar-refractivity contribution in [2.24, 2.45) is 0 Å². The molecule has 0 aromatic carbocycles. The SMILES string of the molecule is O=S(=O)(NCCCCOCCO)N[C@H]1OC[C@@H](O)[C@@H](O)[C@@H]1O. The van der Waals surface area contributed by atoms with Crippen molar-refractivity contribution in [2.45, 2.75) is 37.4 Å². The molecule has 0 aromatic rings. The fourth-order valence-electron chi connectivity index (χ4n) is 1.81. The molecule has 0 aromatic heterocycles. The van der Waals surface area contributed by atoms with Gasteiger partial charge < -0.3 is 29.9 Å². The maximum Gasteiger partial charge on any atom is 0.279 e. The van der Waals surface area contributed by atoms with Crippen LogP contribution in [0.2, 0.25) is 0 Å². The first kappa shape index (κ1) is 19.7. The number of rotatable bonds is 10. The maximum absolute atomic E-state index is 11.7. The molecule has 0 bridgehead atoms. The molecule has 1 saturated heterocycles. The Bertz CT molecular complexity index is 407. The van der Waals surface area contributed by atoms with Gasteiger partial charge in [-0.3, -0.25) is 0 Å². The van der Waals surface area contributed by atoms with Crippen molar-refractivity contribution < 1.29 is 38.3 Å². The lowest BCUT2D eigenvalue weighted by molar-refractivity contribution is -0.189. The molecule has 4 atom stereocenters. The fraction of sp³-hybridized carbons (Fsp3) is 1.00. The van der Waals surface area contributed by atoms with Gasteiger partial charge in [0.15, 0.2) is 6.23 Å². The average Bonchev–Trinajstić information content (AvgIpc) is 2.47. The summed E-state index contributed by atoms with van der Waals surface area (Å²) in [6.45, 7) is 0.489. The van der Waals surface area contributed by atoms with Crippen molar-refractivity contribution in [3.63, 3.8) is 0 Å². The average molecular weight is 344 g/mol. The molecule has 0 amide bonds. The molecule has 0 saturated carbocycles. The largest absolute Gasteiger partial charge is 0.394 e. The third kappa shape index (κ3) is 6.81. The van der Waals surface area contributed by atoms with Crippen molar-refractivity contribution in [3.05, 3.63) is 0 Å². The zero-order chi connectivity index (χ0) is 16.6. The van der Waals surface area contributed by atoms with Crippen LogP contribution < -0.4 is 9.44 Å². The number of ether oxygens (including phenoxy) is 2. The second-order valence-electron chi connectivity index (χ2n) is 4.86. The molecule has 0 aliphatic carbocycles. The second kappa shape index (κ2) is 9.70. The Morgan fingerprint density at radius 2 is 1.86 bits per heavy atom. The van der Waals surface area contributed by atoms with Crippen LogP contribution in [0.4, 0.5) is 0 Å². The first-order valence-electron chi connectivity index (χ1n) is 6.98. The molecule has 0 radical (unpaired) electrons. The number of hydrogen-bond acceptors (Lipinski definition) is 8. The van der Waals surface area contributed by atoms with Crippen LogP contribution >= 0.6 is 0 Å². The van der Waals surface area contributed by atoms with Crippen LogP contribution in [-0.4, -0.2) is 86.4 Å². The van der Waals surface area contributed by atoms with E-state index in [0.29, 0.717) is 19.4 Å². The Morgan fingerprint density at radius 3 is 2.55 bits per heavy atom. The summed E-state index contributed by atoms with van der Waals surface area (Å²) in [5.74, 6) is 0. The van der Waals surface area contributed by atoms with Gasteiger partial charge >= 0.3 is 0 Å². The van der Waals surface area contributed by atoms with E-state index >= 15 is 0 Å². The van der Waals surface area contributed by atoms with Gasteiger partial charge in [0.1, 0.15) is 18.3 Å². The first-order valence-corrected chi connectivity index (χ1v) is 8.47. The molecule has 0 unspecified atom stereocenters. The van der Waals surface area contributed by atoms with Gasteiger partial charge in [-0.1, -0.05) is 0 Å². The van der Waals surface area contributed by atoms with Crippen LogP contribution in [0.25, 0.3) is 0 Å². The van der Waals surface area contributed by atoms with E-state index in [-0.39, 0.29) is 26.4 Å². The van der Waals surface area contributed by atoms with Gasteiger partial charge in [-0.25, -0.2) is 4.72 Å². The van der Waals surface area contributed by atoms with E-state index in [1.165, 1.54) is 0 Å². The standard InChI is InChI=1S/C11H24N2O8S/c14-4-6-20-5-2-1-3-12-22(18,19)13-11-10(17)9(16)8(15)7-21-11/h8-17H,1-7H2/t8-,9-,10+,11+/m1/s1. The highest BCUT2D eigenvalue weighted by Crippen LogP contribution is 2.14. The van der Waals surface area contributed by atoms with Crippen LogP contribution in [-0.2, 0) is 19.7 Å². The van der Waals surface area contributed by atoms with Gasteiger partial charge in [-0.2, -0.15) is 13.1 Å². The zero-order valence-electron chi connectivity index (χ0n) is 12.1. The van der Waals surface area contributed by atoms with Gasteiger partial charge in [-0.05, 0) is 12.8 Å². The third-order valence-electron chi connectivity index (χ3n) is 3.02. The van der Waals surface area contributed by atoms with E-state index in [1.807, 2.05) is 0 Å². The normalized spacial score (nSPS) is 29.6. The number of nitrogens with one attached hydrogen (secondary N) is 2. The first-order chi connectivity index (χ1) is 10.4. The second-order valence-corrected chi connectivity index (χ2v) is 6.39. The molecule has 1 aliphatic rings. The molecule has 22 heavy (non-hydrogen) atoms. The van der Waals surface area contributed by atoms with E-state index in [0.717, 1.165) is 0 Å². The predicted molar refractivity (Wildman–Crippen MR) is 75.0 cm³/mol. The smallest absolute Gasteiger partial charge is 0.279 e. The Kier molecular flexibility index (Phi) is 8.67. The molecule has 132 valence electrons. The topological polar surface area (TPSA) is 158 Å². The summed E-state index contributed by atoms with van der Waals surface area (Å²) in [7, 11) is -3.91. The Balaban J connectivity index is 2.26. The van der Waals surface area contributed by atoms with Crippen molar-refractivity contribution in [1.82, 2.24) is 9.44 Å². The van der Waals surface area contributed by atoms with Crippen LogP contribution in [0.5, 0.6) is 0 Å². The molecule has 6 N–H and O–H groups in total. The predicted octanol–water partition coefficient (Wildman–Crippen LogP) is -3.36. The van der Waals surface area contributed by atoms with Crippen molar-refractivity contribution >= 4 is 10.2 Å². The van der Waals surface area contributed by atoms with Gasteiger partial charge in [0, 0.05) is 13.2 Å². The van der Waals surface area contributed by atoms with Crippen molar-refractivity contribution in [1.29, 1.82) is 0 Å². The summed E-state index contributed by atoms with van der Waals surface area (Å²) >= 11 is 0. The van der Waals surface area contributed by atoms with Gasteiger partial charge in [0.25, 0.3) is 10.2 Å². The monoisotopic (exact) mass is 344 g/mol. The lowest BCUT2D eigenvalue weighted by atomic mass is 10.1. The van der Waals surface area contributed by atoms with Gasteiger partial charge in [0.05, 0.1) is 19.8 Å². The quantitative estimate of drug-likeness (QED) is 0.224. The molecular formula is C11H24N2O8S. The highest BCUT2D eigenvalue weighted by Gasteiger charge is 2.39. The zero-order valence-corrected chi connectivity index (χ0v) is 12.9. The van der Waals surface area contributed by atoms with E-state index in [2.05, 4.69) is 9.44 Å². The van der Waals surface area contributed by atoms with Crippen LogP contribution in [0.15, 0.2) is 0 Å². The Labute approximate surface area is 129 Å². The minimum Gasteiger partial charge on any atom is -0.394 e. The summed E-state index contributed by atoms with van der Waals surface area (Å²) in [6, 6.07) is 0. The molecule has 1 fully saturated rings. The van der Waals surface area contributed by atoms with Crippen LogP contribution in [0.1, 0.15) is 12.8 Å². The number of hydrogen-bond donors (Lipinski definition) is 6. The Hall–Kier alpha value is -0.370. The summed E-state index contributed by atoms with van der Waals surface area (Å²) in [6.07, 6.45) is -4.48. The molecule has 11 heteroatoms. The summed E-state index contributed by atoms with van der Waals surface area (Å²) in [5, 5.41) is 36.9. The van der Waals surface area contributed by atoms with Crippen LogP contribution in [0.3, 0.4) is 0 Å². The van der Waals surface area contributed by atoms with Gasteiger partial charge in [0.2, 0.25) is 0 Å². The molecule has 1 rings (SSSR count). The molecular weight excluding hydrogens is 320 g/mol. The summed E-state index contributed by atoms with van der Waals surface area (Å²) < 4.78 is 37.8. The number of unbranched alkanes of at least 4 members (excludes halogenated alkanes) is 1. The van der Waals surface area contributed by atoms with E-state index in [4.69, 9.17) is 14.6 Å². The highest BCUT2D eigenvalue weighted by molar-refractivity contribution is 7.87. The third-order valence-corrected chi connectivity index (χ3v) is 4.14. The number of aliphatic hydroxyl groups is 4. The number of aliphatic hydroxyl groups excluding tert-OH is 4. The molecule has 10 nitrogen and oxygen atoms in total. The minimum absolute atomic E-state index is 0.0547. The highest BCUT2D eigenvalue weighted by atomic mass is 32.2.